The summed E-state index contributed by atoms with van der Waals surface area (Å²) < 4.78 is 41.6. The Labute approximate surface area is 162 Å². The minimum Gasteiger partial charge on any atom is -0.452 e. The monoisotopic (exact) mass is 414 g/mol. The van der Waals surface area contributed by atoms with E-state index >= 15 is 0 Å². The summed E-state index contributed by atoms with van der Waals surface area (Å²) in [6.45, 7) is 1.17. The largest absolute Gasteiger partial charge is 0.471 e. The third-order valence-corrected chi connectivity index (χ3v) is 3.81. The number of ether oxygens (including phenoxy) is 1. The summed E-state index contributed by atoms with van der Waals surface area (Å²) >= 11 is 5.95. The number of hydrogen-bond acceptors (Lipinski definition) is 4. The number of esters is 1. The van der Waals surface area contributed by atoms with Gasteiger partial charge in [-0.3, -0.25) is 9.59 Å². The Kier molecular flexibility index (Phi) is 6.63. The zero-order valence-corrected chi connectivity index (χ0v) is 15.1. The second-order valence-electron chi connectivity index (χ2n) is 5.62. The van der Waals surface area contributed by atoms with Crippen molar-refractivity contribution >= 4 is 40.8 Å². The molecular formula is C18H14ClF3N2O4. The maximum absolute atomic E-state index is 12.3. The lowest BCUT2D eigenvalue weighted by atomic mass is 10.2. The van der Waals surface area contributed by atoms with Crippen molar-refractivity contribution in [2.45, 2.75) is 13.1 Å². The fourth-order valence-electron chi connectivity index (χ4n) is 2.01. The van der Waals surface area contributed by atoms with Crippen LogP contribution < -0.4 is 10.6 Å². The molecule has 0 radical (unpaired) electrons. The zero-order valence-electron chi connectivity index (χ0n) is 14.4. The summed E-state index contributed by atoms with van der Waals surface area (Å²) in [4.78, 5) is 34.8. The lowest BCUT2D eigenvalue weighted by molar-refractivity contribution is -0.167. The molecule has 2 amide bonds. The van der Waals surface area contributed by atoms with Gasteiger partial charge in [-0.1, -0.05) is 23.7 Å². The second kappa shape index (κ2) is 8.75. The Bertz CT molecular complexity index is 916. The van der Waals surface area contributed by atoms with Gasteiger partial charge in [0.1, 0.15) is 0 Å². The first-order chi connectivity index (χ1) is 13.1. The normalized spacial score (nSPS) is 10.9. The van der Waals surface area contributed by atoms with Crippen molar-refractivity contribution in [2.24, 2.45) is 0 Å². The Morgan fingerprint density at radius 3 is 2.36 bits per heavy atom. The summed E-state index contributed by atoms with van der Waals surface area (Å²) in [6.07, 6.45) is -5.06. The molecule has 10 heteroatoms. The molecule has 0 aromatic heterocycles. The van der Waals surface area contributed by atoms with Crippen molar-refractivity contribution in [2.75, 3.05) is 17.2 Å². The summed E-state index contributed by atoms with van der Waals surface area (Å²) in [7, 11) is 0. The smallest absolute Gasteiger partial charge is 0.452 e. The first-order valence-corrected chi connectivity index (χ1v) is 8.15. The fraction of sp³-hybridized carbons (Fsp3) is 0.167. The van der Waals surface area contributed by atoms with Crippen LogP contribution in [0.15, 0.2) is 42.5 Å². The number of carbonyl (C=O) groups is 3. The van der Waals surface area contributed by atoms with E-state index in [2.05, 4.69) is 5.32 Å². The maximum atomic E-state index is 12.3. The predicted octanol–water partition coefficient (Wildman–Crippen LogP) is 3.94. The lowest BCUT2D eigenvalue weighted by Crippen LogP contribution is -2.30. The number of halogens is 4. The summed E-state index contributed by atoms with van der Waals surface area (Å²) in [5, 5.41) is 4.56. The summed E-state index contributed by atoms with van der Waals surface area (Å²) in [5.41, 5.74) is 0.860. The fourth-order valence-corrected chi connectivity index (χ4v) is 2.19. The molecule has 0 spiro atoms. The molecule has 2 N–H and O–H groups in total. The minimum atomic E-state index is -5.06. The average molecular weight is 415 g/mol. The number of rotatable bonds is 5. The molecule has 0 saturated heterocycles. The quantitative estimate of drug-likeness (QED) is 0.726. The third-order valence-electron chi connectivity index (χ3n) is 3.40. The minimum absolute atomic E-state index is 0.133. The van der Waals surface area contributed by atoms with Crippen LogP contribution in [-0.2, 0) is 14.3 Å². The standard InChI is InChI=1S/C18H14ClF3N2O4/c1-10-5-6-13(8-14(10)19)23-15(25)9-28-16(26)11-3-2-4-12(7-11)24-17(27)18(20,21)22/h2-8H,9H2,1H3,(H,23,25)(H,24,27). The molecule has 0 bridgehead atoms. The Balaban J connectivity index is 1.93. The number of alkyl halides is 3. The Morgan fingerprint density at radius 1 is 1.04 bits per heavy atom. The van der Waals surface area contributed by atoms with Crippen LogP contribution in [0.5, 0.6) is 0 Å². The molecule has 0 fully saturated rings. The first kappa shape index (κ1) is 21.2. The highest BCUT2D eigenvalue weighted by molar-refractivity contribution is 6.31. The molecule has 0 aliphatic carbocycles. The molecule has 0 atom stereocenters. The topological polar surface area (TPSA) is 84.5 Å². The number of anilines is 2. The molecule has 2 aromatic carbocycles. The van der Waals surface area contributed by atoms with Crippen LogP contribution in [-0.4, -0.2) is 30.6 Å². The third kappa shape index (κ3) is 5.98. The van der Waals surface area contributed by atoms with Gasteiger partial charge in [0.15, 0.2) is 6.61 Å². The van der Waals surface area contributed by atoms with Crippen molar-refractivity contribution in [1.29, 1.82) is 0 Å². The second-order valence-corrected chi connectivity index (χ2v) is 6.03. The van der Waals surface area contributed by atoms with E-state index in [0.717, 1.165) is 11.6 Å². The highest BCUT2D eigenvalue weighted by atomic mass is 35.5. The highest BCUT2D eigenvalue weighted by Gasteiger charge is 2.38. The van der Waals surface area contributed by atoms with Gasteiger partial charge in [0.25, 0.3) is 5.91 Å². The average Bonchev–Trinajstić information content (AvgIpc) is 2.62. The van der Waals surface area contributed by atoms with Crippen LogP contribution in [0.3, 0.4) is 0 Å². The summed E-state index contributed by atoms with van der Waals surface area (Å²) in [5.74, 6) is -3.75. The maximum Gasteiger partial charge on any atom is 0.471 e. The number of nitrogens with one attached hydrogen (secondary N) is 2. The van der Waals surface area contributed by atoms with E-state index in [1.165, 1.54) is 24.3 Å². The van der Waals surface area contributed by atoms with Gasteiger partial charge in [-0.2, -0.15) is 13.2 Å². The van der Waals surface area contributed by atoms with Crippen LogP contribution >= 0.6 is 11.6 Å². The lowest BCUT2D eigenvalue weighted by Gasteiger charge is -2.10. The molecule has 2 rings (SSSR count). The first-order valence-electron chi connectivity index (χ1n) is 7.77. The highest BCUT2D eigenvalue weighted by Crippen LogP contribution is 2.20. The van der Waals surface area contributed by atoms with Crippen molar-refractivity contribution in [1.82, 2.24) is 0 Å². The van der Waals surface area contributed by atoms with E-state index in [9.17, 15) is 27.6 Å². The number of hydrogen-bond donors (Lipinski definition) is 2. The van der Waals surface area contributed by atoms with E-state index in [1.807, 2.05) is 0 Å². The van der Waals surface area contributed by atoms with Gasteiger partial charge in [-0.05, 0) is 42.8 Å². The number of aryl methyl sites for hydroxylation is 1. The molecule has 148 valence electrons. The molecule has 0 heterocycles. The van der Waals surface area contributed by atoms with Crippen molar-refractivity contribution in [3.8, 4) is 0 Å². The SMILES string of the molecule is Cc1ccc(NC(=O)COC(=O)c2cccc(NC(=O)C(F)(F)F)c2)cc1Cl. The molecular weight excluding hydrogens is 401 g/mol. The van der Waals surface area contributed by atoms with Crippen LogP contribution in [0.4, 0.5) is 24.5 Å². The van der Waals surface area contributed by atoms with Gasteiger partial charge < -0.3 is 15.4 Å². The summed E-state index contributed by atoms with van der Waals surface area (Å²) in [6, 6.07) is 9.56. The van der Waals surface area contributed by atoms with Crippen molar-refractivity contribution < 1.29 is 32.3 Å². The van der Waals surface area contributed by atoms with Crippen molar-refractivity contribution in [3.63, 3.8) is 0 Å². The zero-order chi connectivity index (χ0) is 20.9. The number of amides is 2. The molecule has 0 unspecified atom stereocenters. The number of carbonyl (C=O) groups excluding carboxylic acids is 3. The van der Waals surface area contributed by atoms with E-state index < -0.39 is 30.6 Å². The van der Waals surface area contributed by atoms with E-state index in [0.29, 0.717) is 10.7 Å². The van der Waals surface area contributed by atoms with Crippen LogP contribution in [0.25, 0.3) is 0 Å². The van der Waals surface area contributed by atoms with E-state index in [4.69, 9.17) is 16.3 Å². The van der Waals surface area contributed by atoms with Gasteiger partial charge >= 0.3 is 18.1 Å². The van der Waals surface area contributed by atoms with E-state index in [-0.39, 0.29) is 11.3 Å². The van der Waals surface area contributed by atoms with Gasteiger partial charge in [-0.25, -0.2) is 4.79 Å². The van der Waals surface area contributed by atoms with Gasteiger partial charge in [0, 0.05) is 16.4 Å². The molecule has 28 heavy (non-hydrogen) atoms. The van der Waals surface area contributed by atoms with Crippen LogP contribution in [0.2, 0.25) is 5.02 Å². The van der Waals surface area contributed by atoms with Gasteiger partial charge in [-0.15, -0.1) is 0 Å². The van der Waals surface area contributed by atoms with Gasteiger partial charge in [0.05, 0.1) is 5.56 Å². The Hall–Kier alpha value is -3.07. The predicted molar refractivity (Wildman–Crippen MR) is 96.2 cm³/mol. The van der Waals surface area contributed by atoms with E-state index in [1.54, 1.807) is 24.4 Å². The molecule has 0 aliphatic heterocycles. The molecule has 6 nitrogen and oxygen atoms in total. The van der Waals surface area contributed by atoms with Crippen molar-refractivity contribution in [3.05, 3.63) is 58.6 Å². The molecule has 0 aliphatic rings. The number of benzene rings is 2. The Morgan fingerprint density at radius 2 is 1.71 bits per heavy atom. The van der Waals surface area contributed by atoms with Crippen LogP contribution in [0, 0.1) is 6.92 Å². The molecule has 0 saturated carbocycles. The van der Waals surface area contributed by atoms with Gasteiger partial charge in [0.2, 0.25) is 0 Å². The molecule has 2 aromatic rings. The van der Waals surface area contributed by atoms with Crippen LogP contribution in [0.1, 0.15) is 15.9 Å².